The zero-order chi connectivity index (χ0) is 24.7. The van der Waals surface area contributed by atoms with Crippen molar-refractivity contribution in [3.63, 3.8) is 0 Å². The highest BCUT2D eigenvalue weighted by Crippen LogP contribution is 2.59. The van der Waals surface area contributed by atoms with Crippen LogP contribution in [0.3, 0.4) is 0 Å². The van der Waals surface area contributed by atoms with Crippen LogP contribution >= 0.6 is 23.2 Å². The topological polar surface area (TPSA) is 60.9 Å². The molecule has 2 fully saturated rings. The molecule has 1 aromatic rings. The summed E-state index contributed by atoms with van der Waals surface area (Å²) in [5.41, 5.74) is 1.77. The third kappa shape index (κ3) is 5.05. The maximum atomic E-state index is 13.1. The van der Waals surface area contributed by atoms with Gasteiger partial charge in [-0.2, -0.15) is 4.31 Å². The predicted molar refractivity (Wildman–Crippen MR) is 137 cm³/mol. The van der Waals surface area contributed by atoms with E-state index in [4.69, 9.17) is 23.2 Å². The van der Waals surface area contributed by atoms with Crippen molar-refractivity contribution < 1.29 is 13.2 Å². The molecule has 1 heterocycles. The fraction of sp³-hybridized carbons (Fsp3) is 0.640. The molecule has 2 unspecified atom stereocenters. The van der Waals surface area contributed by atoms with Crippen molar-refractivity contribution in [1.82, 2.24) is 14.1 Å². The number of nitrogens with zero attached hydrogens (tertiary/aromatic N) is 3. The van der Waals surface area contributed by atoms with E-state index in [2.05, 4.69) is 24.8 Å². The van der Waals surface area contributed by atoms with Gasteiger partial charge >= 0.3 is 0 Å². The van der Waals surface area contributed by atoms with Crippen LogP contribution in [0.4, 0.5) is 0 Å². The summed E-state index contributed by atoms with van der Waals surface area (Å²) in [5.74, 6) is 1.55. The Morgan fingerprint density at radius 1 is 1.18 bits per heavy atom. The van der Waals surface area contributed by atoms with Crippen molar-refractivity contribution in [1.29, 1.82) is 0 Å². The smallest absolute Gasteiger partial charge is 0.244 e. The third-order valence-electron chi connectivity index (χ3n) is 8.14. The lowest BCUT2D eigenvalue weighted by Crippen LogP contribution is -2.52. The molecule has 0 aromatic heterocycles. The van der Waals surface area contributed by atoms with Gasteiger partial charge in [-0.05, 0) is 48.3 Å². The fourth-order valence-corrected chi connectivity index (χ4v) is 7.82. The van der Waals surface area contributed by atoms with Gasteiger partial charge in [0.25, 0.3) is 0 Å². The van der Waals surface area contributed by atoms with Gasteiger partial charge < -0.3 is 4.90 Å². The number of hydrogen-bond donors (Lipinski definition) is 0. The second-order valence-electron chi connectivity index (χ2n) is 10.3. The molecule has 1 amide bonds. The molecule has 188 valence electrons. The Hall–Kier alpha value is -1.12. The number of benzene rings is 1. The van der Waals surface area contributed by atoms with Gasteiger partial charge in [0.15, 0.2) is 0 Å². The molecule has 2 bridgehead atoms. The molecule has 3 aliphatic carbocycles. The van der Waals surface area contributed by atoms with Crippen LogP contribution in [0, 0.1) is 17.3 Å². The zero-order valence-electron chi connectivity index (χ0n) is 20.3. The Balaban J connectivity index is 1.33. The summed E-state index contributed by atoms with van der Waals surface area (Å²) in [6.07, 6.45) is 5.24. The van der Waals surface area contributed by atoms with Crippen LogP contribution in [0.1, 0.15) is 40.0 Å². The second-order valence-corrected chi connectivity index (χ2v) is 13.1. The number of sulfonamides is 1. The molecule has 0 spiro atoms. The molecule has 0 radical (unpaired) electrons. The van der Waals surface area contributed by atoms with Crippen LogP contribution in [0.5, 0.6) is 0 Å². The molecule has 1 saturated heterocycles. The van der Waals surface area contributed by atoms with E-state index in [9.17, 15) is 13.2 Å². The van der Waals surface area contributed by atoms with Gasteiger partial charge in [-0.15, -0.1) is 0 Å². The standard InChI is InChI=1S/C25H35Cl2N3O3S/c1-4-24(31)29(17-18-5-6-19-15-21(18)25(19,2)3)12-9-28-10-13-30(14-11-28)34(32,33)23-16-20(26)7-8-22(23)27/h5,7-8,16,19,21H,4,6,9-15,17H2,1-3H3. The SMILES string of the molecule is CCC(=O)N(CCN1CCN(S(=O)(=O)c2cc(Cl)ccc2Cl)CC1)CC1=CCC2CC1C2(C)C. The predicted octanol–water partition coefficient (Wildman–Crippen LogP) is 4.53. The molecule has 5 rings (SSSR count). The normalized spacial score (nSPS) is 24.9. The van der Waals surface area contributed by atoms with Crippen molar-refractivity contribution >= 4 is 39.1 Å². The second kappa shape index (κ2) is 10.1. The average molecular weight is 529 g/mol. The first kappa shape index (κ1) is 26.0. The Morgan fingerprint density at radius 2 is 1.88 bits per heavy atom. The Labute approximate surface area is 213 Å². The Bertz CT molecular complexity index is 1070. The molecule has 2 atom stereocenters. The summed E-state index contributed by atoms with van der Waals surface area (Å²) in [5, 5.41) is 0.523. The maximum Gasteiger partial charge on any atom is 0.244 e. The molecular weight excluding hydrogens is 493 g/mol. The number of fused-ring (bicyclic) bond motifs is 1. The number of carbonyl (C=O) groups excluding carboxylic acids is 1. The van der Waals surface area contributed by atoms with E-state index >= 15 is 0 Å². The summed E-state index contributed by atoms with van der Waals surface area (Å²) >= 11 is 12.2. The highest BCUT2D eigenvalue weighted by molar-refractivity contribution is 7.89. The van der Waals surface area contributed by atoms with E-state index in [1.54, 1.807) is 6.07 Å². The van der Waals surface area contributed by atoms with Gasteiger partial charge in [-0.1, -0.05) is 55.6 Å². The summed E-state index contributed by atoms with van der Waals surface area (Å²) < 4.78 is 27.6. The molecular formula is C25H35Cl2N3O3S. The summed E-state index contributed by atoms with van der Waals surface area (Å²) in [4.78, 5) is 17.0. The van der Waals surface area contributed by atoms with Crippen molar-refractivity contribution in [2.75, 3.05) is 45.8 Å². The first-order valence-electron chi connectivity index (χ1n) is 12.2. The van der Waals surface area contributed by atoms with E-state index in [-0.39, 0.29) is 15.8 Å². The van der Waals surface area contributed by atoms with Crippen molar-refractivity contribution in [2.45, 2.75) is 44.9 Å². The van der Waals surface area contributed by atoms with Crippen LogP contribution in [0.2, 0.25) is 10.0 Å². The average Bonchev–Trinajstić information content (AvgIpc) is 2.82. The minimum atomic E-state index is -3.70. The van der Waals surface area contributed by atoms with Gasteiger partial charge in [0.1, 0.15) is 4.90 Å². The summed E-state index contributed by atoms with van der Waals surface area (Å²) in [6, 6.07) is 4.50. The number of amides is 1. The van der Waals surface area contributed by atoms with Gasteiger partial charge in [0, 0.05) is 57.3 Å². The van der Waals surface area contributed by atoms with Crippen LogP contribution in [-0.4, -0.2) is 74.2 Å². The van der Waals surface area contributed by atoms with Crippen molar-refractivity contribution in [2.24, 2.45) is 17.3 Å². The molecule has 1 aliphatic heterocycles. The van der Waals surface area contributed by atoms with Crippen LogP contribution in [0.15, 0.2) is 34.7 Å². The molecule has 1 aromatic carbocycles. The lowest BCUT2D eigenvalue weighted by atomic mass is 9.49. The number of allylic oxidation sites excluding steroid dienone is 1. The van der Waals surface area contributed by atoms with Crippen LogP contribution < -0.4 is 0 Å². The Kier molecular flexibility index (Phi) is 7.71. The molecule has 34 heavy (non-hydrogen) atoms. The summed E-state index contributed by atoms with van der Waals surface area (Å²) in [6.45, 7) is 10.7. The number of hydrogen-bond acceptors (Lipinski definition) is 4. The lowest BCUT2D eigenvalue weighted by Gasteiger charge is -2.57. The van der Waals surface area contributed by atoms with E-state index in [0.29, 0.717) is 55.5 Å². The number of rotatable bonds is 8. The van der Waals surface area contributed by atoms with Crippen LogP contribution in [0.25, 0.3) is 0 Å². The highest BCUT2D eigenvalue weighted by atomic mass is 35.5. The van der Waals surface area contributed by atoms with E-state index in [1.807, 2.05) is 11.8 Å². The largest absolute Gasteiger partial charge is 0.337 e. The molecule has 0 N–H and O–H groups in total. The summed E-state index contributed by atoms with van der Waals surface area (Å²) in [7, 11) is -3.70. The number of piperazine rings is 1. The molecule has 9 heteroatoms. The lowest BCUT2D eigenvalue weighted by molar-refractivity contribution is -0.131. The van der Waals surface area contributed by atoms with Crippen LogP contribution in [-0.2, 0) is 14.8 Å². The van der Waals surface area contributed by atoms with Crippen molar-refractivity contribution in [3.8, 4) is 0 Å². The fourth-order valence-electron chi connectivity index (χ4n) is 5.66. The zero-order valence-corrected chi connectivity index (χ0v) is 22.6. The minimum Gasteiger partial charge on any atom is -0.337 e. The van der Waals surface area contributed by atoms with Gasteiger partial charge in [-0.3, -0.25) is 9.69 Å². The van der Waals surface area contributed by atoms with Gasteiger partial charge in [0.05, 0.1) is 5.02 Å². The quantitative estimate of drug-likeness (QED) is 0.466. The number of carbonyl (C=O) groups is 1. The monoisotopic (exact) mass is 527 g/mol. The third-order valence-corrected chi connectivity index (χ3v) is 10.8. The molecule has 6 nitrogen and oxygen atoms in total. The number of halogens is 2. The maximum absolute atomic E-state index is 13.1. The van der Waals surface area contributed by atoms with E-state index in [1.165, 1.54) is 28.4 Å². The Morgan fingerprint density at radius 3 is 2.50 bits per heavy atom. The molecule has 4 aliphatic rings. The van der Waals surface area contributed by atoms with Gasteiger partial charge in [0.2, 0.25) is 15.9 Å². The highest BCUT2D eigenvalue weighted by Gasteiger charge is 2.51. The first-order valence-corrected chi connectivity index (χ1v) is 14.4. The van der Waals surface area contributed by atoms with E-state index < -0.39 is 10.0 Å². The van der Waals surface area contributed by atoms with Crippen molar-refractivity contribution in [3.05, 3.63) is 39.9 Å². The molecule has 1 saturated carbocycles. The van der Waals surface area contributed by atoms with E-state index in [0.717, 1.165) is 25.4 Å². The first-order chi connectivity index (χ1) is 16.0. The minimum absolute atomic E-state index is 0.0525. The van der Waals surface area contributed by atoms with Gasteiger partial charge in [-0.25, -0.2) is 8.42 Å².